The Kier molecular flexibility index (Phi) is 7.81. The van der Waals surface area contributed by atoms with E-state index in [-0.39, 0.29) is 29.8 Å². The molecule has 0 aliphatic carbocycles. The highest BCUT2D eigenvalue weighted by atomic mass is 19.1. The third-order valence-corrected chi connectivity index (χ3v) is 7.34. The van der Waals surface area contributed by atoms with Gasteiger partial charge in [0, 0.05) is 74.2 Å². The smallest absolute Gasteiger partial charge is 0.255 e. The molecular weight excluding hydrogens is 497 g/mol. The summed E-state index contributed by atoms with van der Waals surface area (Å²) in [5, 5.41) is 13.4. The van der Waals surface area contributed by atoms with Crippen LogP contribution in [0.1, 0.15) is 23.2 Å². The minimum atomic E-state index is -0.477. The molecule has 1 amide bonds. The summed E-state index contributed by atoms with van der Waals surface area (Å²) in [5.74, 6) is -0.0118. The Balaban J connectivity index is 1.52. The molecule has 39 heavy (non-hydrogen) atoms. The van der Waals surface area contributed by atoms with Gasteiger partial charge < -0.3 is 29.9 Å². The van der Waals surface area contributed by atoms with Gasteiger partial charge in [-0.25, -0.2) is 9.37 Å². The van der Waals surface area contributed by atoms with Crippen molar-refractivity contribution in [2.75, 3.05) is 52.8 Å². The number of carbonyl (C=O) groups excluding carboxylic acids is 1. The van der Waals surface area contributed by atoms with Gasteiger partial charge in [0.2, 0.25) is 0 Å². The van der Waals surface area contributed by atoms with E-state index in [9.17, 15) is 9.90 Å². The number of halogens is 1. The topological polar surface area (TPSA) is 93.7 Å². The molecule has 8 nitrogen and oxygen atoms in total. The molecule has 1 fully saturated rings. The van der Waals surface area contributed by atoms with E-state index in [4.69, 9.17) is 4.74 Å². The highest BCUT2D eigenvalue weighted by Crippen LogP contribution is 2.37. The SMILES string of the molecule is COc1ccccc1-c1c[nH]c2ncc(-c3cc(F)c(NC4CCN(CCO)CC4)c(C(=O)N(C)C)c3)cc12. The minimum absolute atomic E-state index is 0.0373. The molecule has 0 saturated carbocycles. The van der Waals surface area contributed by atoms with Gasteiger partial charge in [-0.3, -0.25) is 4.79 Å². The van der Waals surface area contributed by atoms with Gasteiger partial charge in [0.05, 0.1) is 25.0 Å². The van der Waals surface area contributed by atoms with Crippen LogP contribution >= 0.6 is 0 Å². The summed E-state index contributed by atoms with van der Waals surface area (Å²) in [7, 11) is 4.96. The Morgan fingerprint density at radius 3 is 2.67 bits per heavy atom. The van der Waals surface area contributed by atoms with Crippen molar-refractivity contribution >= 4 is 22.6 Å². The Morgan fingerprint density at radius 1 is 1.18 bits per heavy atom. The summed E-state index contributed by atoms with van der Waals surface area (Å²) in [6.45, 7) is 2.38. The number of anilines is 1. The molecule has 0 spiro atoms. The Hall–Kier alpha value is -3.95. The molecule has 5 rings (SSSR count). The van der Waals surface area contributed by atoms with Crippen molar-refractivity contribution in [3.8, 4) is 28.0 Å². The molecule has 1 aliphatic heterocycles. The number of amides is 1. The van der Waals surface area contributed by atoms with Gasteiger partial charge >= 0.3 is 0 Å². The second-order valence-electron chi connectivity index (χ2n) is 10.1. The number of aliphatic hydroxyl groups excluding tert-OH is 1. The largest absolute Gasteiger partial charge is 0.496 e. The molecule has 0 bridgehead atoms. The van der Waals surface area contributed by atoms with Crippen molar-refractivity contribution in [2.45, 2.75) is 18.9 Å². The maximum atomic E-state index is 15.7. The lowest BCUT2D eigenvalue weighted by atomic mass is 9.98. The van der Waals surface area contributed by atoms with Crippen molar-refractivity contribution in [3.63, 3.8) is 0 Å². The van der Waals surface area contributed by atoms with Gasteiger partial charge in [0.15, 0.2) is 0 Å². The molecule has 1 saturated heterocycles. The number of hydrogen-bond donors (Lipinski definition) is 3. The number of methoxy groups -OCH3 is 1. The predicted octanol–water partition coefficient (Wildman–Crippen LogP) is 4.62. The molecule has 0 atom stereocenters. The molecule has 3 heterocycles. The van der Waals surface area contributed by atoms with Crippen LogP contribution in [0.3, 0.4) is 0 Å². The summed E-state index contributed by atoms with van der Waals surface area (Å²) in [4.78, 5) is 24.6. The lowest BCUT2D eigenvalue weighted by Crippen LogP contribution is -2.40. The molecule has 4 aromatic rings. The van der Waals surface area contributed by atoms with Crippen LogP contribution in [0.2, 0.25) is 0 Å². The number of nitrogens with zero attached hydrogens (tertiary/aromatic N) is 3. The quantitative estimate of drug-likeness (QED) is 0.307. The van der Waals surface area contributed by atoms with Crippen LogP contribution in [0, 0.1) is 5.82 Å². The number of piperidine rings is 1. The molecule has 0 unspecified atom stereocenters. The number of fused-ring (bicyclic) bond motifs is 1. The number of benzene rings is 2. The fourth-order valence-corrected chi connectivity index (χ4v) is 5.23. The number of ether oxygens (including phenoxy) is 1. The normalized spacial score (nSPS) is 14.5. The number of hydrogen-bond acceptors (Lipinski definition) is 6. The van der Waals surface area contributed by atoms with Gasteiger partial charge in [-0.05, 0) is 42.7 Å². The van der Waals surface area contributed by atoms with E-state index in [1.165, 1.54) is 11.0 Å². The van der Waals surface area contributed by atoms with Crippen molar-refractivity contribution in [2.24, 2.45) is 0 Å². The van der Waals surface area contributed by atoms with Crippen LogP contribution in [-0.4, -0.2) is 84.3 Å². The summed E-state index contributed by atoms with van der Waals surface area (Å²) in [6.07, 6.45) is 5.18. The first-order chi connectivity index (χ1) is 18.9. The maximum absolute atomic E-state index is 15.7. The van der Waals surface area contributed by atoms with E-state index in [1.54, 1.807) is 33.5 Å². The monoisotopic (exact) mass is 531 g/mol. The highest BCUT2D eigenvalue weighted by Gasteiger charge is 2.25. The Bertz CT molecular complexity index is 1480. The van der Waals surface area contributed by atoms with Gasteiger partial charge in [0.1, 0.15) is 17.2 Å². The lowest BCUT2D eigenvalue weighted by molar-refractivity contribution is 0.0828. The fourth-order valence-electron chi connectivity index (χ4n) is 5.23. The second kappa shape index (κ2) is 11.4. The summed E-state index contributed by atoms with van der Waals surface area (Å²) in [5.41, 5.74) is 4.33. The van der Waals surface area contributed by atoms with Crippen LogP contribution in [-0.2, 0) is 0 Å². The molecule has 1 aliphatic rings. The number of para-hydroxylation sites is 1. The molecule has 0 radical (unpaired) electrons. The number of likely N-dealkylation sites (tertiary alicyclic amines) is 1. The van der Waals surface area contributed by atoms with E-state index in [0.717, 1.165) is 48.2 Å². The molecule has 204 valence electrons. The molecule has 9 heteroatoms. The number of aliphatic hydroxyl groups is 1. The van der Waals surface area contributed by atoms with Crippen molar-refractivity contribution in [1.82, 2.24) is 19.8 Å². The van der Waals surface area contributed by atoms with Crippen LogP contribution in [0.15, 0.2) is 54.9 Å². The number of H-pyrrole nitrogens is 1. The van der Waals surface area contributed by atoms with Crippen LogP contribution < -0.4 is 10.1 Å². The molecule has 3 N–H and O–H groups in total. The zero-order valence-electron chi connectivity index (χ0n) is 22.5. The van der Waals surface area contributed by atoms with Crippen molar-refractivity contribution in [3.05, 3.63) is 66.2 Å². The molecular formula is C30H34FN5O3. The van der Waals surface area contributed by atoms with Gasteiger partial charge in [0.25, 0.3) is 5.91 Å². The van der Waals surface area contributed by atoms with E-state index in [2.05, 4.69) is 20.2 Å². The van der Waals surface area contributed by atoms with Gasteiger partial charge in [-0.2, -0.15) is 0 Å². The van der Waals surface area contributed by atoms with Crippen LogP contribution in [0.25, 0.3) is 33.3 Å². The summed E-state index contributed by atoms with van der Waals surface area (Å²) < 4.78 is 21.3. The van der Waals surface area contributed by atoms with E-state index in [0.29, 0.717) is 23.3 Å². The number of aromatic nitrogens is 2. The summed E-state index contributed by atoms with van der Waals surface area (Å²) >= 11 is 0. The number of rotatable bonds is 8. The van der Waals surface area contributed by atoms with Crippen LogP contribution in [0.4, 0.5) is 10.1 Å². The zero-order valence-corrected chi connectivity index (χ0v) is 22.5. The first-order valence-electron chi connectivity index (χ1n) is 13.2. The first kappa shape index (κ1) is 26.6. The second-order valence-corrected chi connectivity index (χ2v) is 10.1. The van der Waals surface area contributed by atoms with E-state index >= 15 is 4.39 Å². The highest BCUT2D eigenvalue weighted by molar-refractivity contribution is 6.02. The fraction of sp³-hybridized carbons (Fsp3) is 0.333. The number of aromatic amines is 1. The molecule has 2 aromatic carbocycles. The third kappa shape index (κ3) is 5.46. The van der Waals surface area contributed by atoms with Crippen molar-refractivity contribution in [1.29, 1.82) is 0 Å². The Morgan fingerprint density at radius 2 is 1.95 bits per heavy atom. The van der Waals surface area contributed by atoms with E-state index in [1.807, 2.05) is 36.5 Å². The van der Waals surface area contributed by atoms with Crippen LogP contribution in [0.5, 0.6) is 5.75 Å². The predicted molar refractivity (Wildman–Crippen MR) is 152 cm³/mol. The standard InChI is InChI=1S/C30H34FN5O3/c1-35(2)30(38)24-14-19(16-26(31)28(24)34-21-8-10-36(11-9-21)12-13-37)20-15-23-25(18-33-29(23)32-17-20)22-6-4-5-7-27(22)39-3/h4-7,14-18,21,34,37H,8-13H2,1-3H3,(H,32,33). The minimum Gasteiger partial charge on any atom is -0.496 e. The average molecular weight is 532 g/mol. The zero-order chi connectivity index (χ0) is 27.5. The number of pyridine rings is 1. The summed E-state index contributed by atoms with van der Waals surface area (Å²) in [6, 6.07) is 13.0. The van der Waals surface area contributed by atoms with Gasteiger partial charge in [-0.15, -0.1) is 0 Å². The first-order valence-corrected chi connectivity index (χ1v) is 13.2. The maximum Gasteiger partial charge on any atom is 0.255 e. The number of carbonyl (C=O) groups is 1. The molecule has 2 aromatic heterocycles. The number of β-amino-alcohol motifs (C(OH)–C–C–N with tert-alkyl or cyclic N) is 1. The average Bonchev–Trinajstić information content (AvgIpc) is 3.37. The van der Waals surface area contributed by atoms with Gasteiger partial charge in [-0.1, -0.05) is 18.2 Å². The van der Waals surface area contributed by atoms with Crippen molar-refractivity contribution < 1.29 is 19.0 Å². The lowest BCUT2D eigenvalue weighted by Gasteiger charge is -2.33. The third-order valence-electron chi connectivity index (χ3n) is 7.34. The Labute approximate surface area is 227 Å². The number of nitrogens with one attached hydrogen (secondary N) is 2. The van der Waals surface area contributed by atoms with E-state index < -0.39 is 5.82 Å².